The Balaban J connectivity index is 3.80. The monoisotopic (exact) mass is 362 g/mol. The highest BCUT2D eigenvalue weighted by Crippen LogP contribution is 2.04. The molecule has 146 valence electrons. The Morgan fingerprint density at radius 1 is 0.885 bits per heavy atom. The number of carboxylic acid groups (broad SMARTS) is 1. The van der Waals surface area contributed by atoms with Gasteiger partial charge in [0.15, 0.2) is 0 Å². The summed E-state index contributed by atoms with van der Waals surface area (Å²) in [7, 11) is 0. The van der Waals surface area contributed by atoms with Gasteiger partial charge in [0.2, 0.25) is 0 Å². The maximum absolute atomic E-state index is 10.3. The van der Waals surface area contributed by atoms with Gasteiger partial charge in [-0.05, 0) is 25.7 Å². The van der Waals surface area contributed by atoms with E-state index in [2.05, 4.69) is 6.92 Å². The molecule has 3 N–H and O–H groups in total. The fraction of sp³-hybridized carbons (Fsp3) is 0.500. The van der Waals surface area contributed by atoms with E-state index in [-0.39, 0.29) is 12.5 Å². The van der Waals surface area contributed by atoms with Crippen LogP contribution in [0.2, 0.25) is 0 Å². The summed E-state index contributed by atoms with van der Waals surface area (Å²) >= 11 is 0. The van der Waals surface area contributed by atoms with Crippen LogP contribution in [0.4, 0.5) is 0 Å². The van der Waals surface area contributed by atoms with Crippen molar-refractivity contribution in [2.24, 2.45) is 0 Å². The molecule has 0 heterocycles. The average molecular weight is 363 g/mol. The highest BCUT2D eigenvalue weighted by atomic mass is 16.4. The van der Waals surface area contributed by atoms with Crippen molar-refractivity contribution in [2.75, 3.05) is 0 Å². The summed E-state index contributed by atoms with van der Waals surface area (Å²) in [5.41, 5.74) is 0. The molecule has 0 rings (SSSR count). The van der Waals surface area contributed by atoms with Gasteiger partial charge in [0.25, 0.3) is 0 Å². The number of carboxylic acids is 1. The molecule has 0 aromatic heterocycles. The molecule has 0 aliphatic carbocycles. The van der Waals surface area contributed by atoms with Gasteiger partial charge in [0.05, 0.1) is 12.2 Å². The zero-order valence-corrected chi connectivity index (χ0v) is 15.8. The van der Waals surface area contributed by atoms with Gasteiger partial charge in [-0.3, -0.25) is 4.79 Å². The van der Waals surface area contributed by atoms with Crippen molar-refractivity contribution >= 4 is 5.97 Å². The van der Waals surface area contributed by atoms with Crippen molar-refractivity contribution in [1.82, 2.24) is 0 Å². The van der Waals surface area contributed by atoms with E-state index in [9.17, 15) is 15.0 Å². The maximum Gasteiger partial charge on any atom is 0.303 e. The molecule has 0 radical (unpaired) electrons. The van der Waals surface area contributed by atoms with Crippen molar-refractivity contribution in [3.63, 3.8) is 0 Å². The number of unbranched alkanes of at least 4 members (excludes halogenated alkanes) is 2. The Labute approximate surface area is 157 Å². The topological polar surface area (TPSA) is 77.8 Å². The number of aliphatic carboxylic acids is 1. The van der Waals surface area contributed by atoms with Crippen LogP contribution >= 0.6 is 0 Å². The zero-order chi connectivity index (χ0) is 19.5. The number of aliphatic hydroxyl groups excluding tert-OH is 2. The minimum atomic E-state index is -0.812. The fourth-order valence-electron chi connectivity index (χ4n) is 2.12. The van der Waals surface area contributed by atoms with Crippen molar-refractivity contribution in [1.29, 1.82) is 0 Å². The van der Waals surface area contributed by atoms with Gasteiger partial charge in [0.1, 0.15) is 0 Å². The Hall–Kier alpha value is -1.91. The Morgan fingerprint density at radius 2 is 1.54 bits per heavy atom. The summed E-state index contributed by atoms with van der Waals surface area (Å²) in [4.78, 5) is 10.3. The SMILES string of the molecule is CCCCCC(O)/C=C/C=C/C/C=C/C=C/C(O)C/C=C/CCC(=O)O. The zero-order valence-electron chi connectivity index (χ0n) is 15.8. The first kappa shape index (κ1) is 24.1. The summed E-state index contributed by atoms with van der Waals surface area (Å²) in [5.74, 6) is -0.812. The molecule has 0 saturated carbocycles. The second kappa shape index (κ2) is 17.9. The van der Waals surface area contributed by atoms with Gasteiger partial charge in [-0.1, -0.05) is 86.9 Å². The van der Waals surface area contributed by atoms with E-state index in [4.69, 9.17) is 5.11 Å². The smallest absolute Gasteiger partial charge is 0.303 e. The molecule has 0 amide bonds. The largest absolute Gasteiger partial charge is 0.481 e. The summed E-state index contributed by atoms with van der Waals surface area (Å²) in [6.07, 6.45) is 23.7. The highest BCUT2D eigenvalue weighted by molar-refractivity contribution is 5.66. The molecule has 0 aliphatic rings. The van der Waals surface area contributed by atoms with Crippen molar-refractivity contribution in [2.45, 2.75) is 70.5 Å². The number of aliphatic hydroxyl groups is 2. The van der Waals surface area contributed by atoms with E-state index in [1.807, 2.05) is 36.5 Å². The second-order valence-corrected chi connectivity index (χ2v) is 6.13. The molecule has 0 aromatic carbocycles. The van der Waals surface area contributed by atoms with Crippen LogP contribution in [0.25, 0.3) is 0 Å². The van der Waals surface area contributed by atoms with Crippen LogP contribution in [0.3, 0.4) is 0 Å². The second-order valence-electron chi connectivity index (χ2n) is 6.13. The number of allylic oxidation sites excluding steroid dienone is 7. The molecular weight excluding hydrogens is 328 g/mol. The Bertz CT molecular complexity index is 486. The molecule has 4 nitrogen and oxygen atoms in total. The van der Waals surface area contributed by atoms with Crippen molar-refractivity contribution < 1.29 is 20.1 Å². The summed E-state index contributed by atoms with van der Waals surface area (Å²) in [6, 6.07) is 0. The molecule has 0 spiro atoms. The van der Waals surface area contributed by atoms with Crippen LogP contribution < -0.4 is 0 Å². The van der Waals surface area contributed by atoms with Gasteiger partial charge >= 0.3 is 5.97 Å². The molecule has 0 aliphatic heterocycles. The molecule has 2 unspecified atom stereocenters. The fourth-order valence-corrected chi connectivity index (χ4v) is 2.12. The molecule has 0 bridgehead atoms. The van der Waals surface area contributed by atoms with Crippen LogP contribution in [-0.4, -0.2) is 33.5 Å². The lowest BCUT2D eigenvalue weighted by molar-refractivity contribution is -0.136. The van der Waals surface area contributed by atoms with Crippen molar-refractivity contribution in [3.8, 4) is 0 Å². The van der Waals surface area contributed by atoms with Crippen LogP contribution in [0, 0.1) is 0 Å². The van der Waals surface area contributed by atoms with E-state index < -0.39 is 12.1 Å². The molecule has 0 aromatic rings. The minimum Gasteiger partial charge on any atom is -0.481 e. The van der Waals surface area contributed by atoms with Gasteiger partial charge in [-0.2, -0.15) is 0 Å². The summed E-state index contributed by atoms with van der Waals surface area (Å²) in [5, 5.41) is 27.9. The number of rotatable bonds is 15. The van der Waals surface area contributed by atoms with Gasteiger partial charge < -0.3 is 15.3 Å². The predicted molar refractivity (Wildman–Crippen MR) is 108 cm³/mol. The summed E-state index contributed by atoms with van der Waals surface area (Å²) in [6.45, 7) is 2.15. The normalized spacial score (nSPS) is 15.2. The average Bonchev–Trinajstić information content (AvgIpc) is 2.60. The first-order valence-electron chi connectivity index (χ1n) is 9.45. The molecule has 26 heavy (non-hydrogen) atoms. The number of hydrogen-bond donors (Lipinski definition) is 3. The number of carbonyl (C=O) groups is 1. The standard InChI is InChI=1S/C22H34O4/c1-2-3-10-15-20(23)16-11-7-5-4-6-8-12-17-21(24)18-13-9-14-19-22(25)26/h5-9,11-13,16-17,20-21,23-24H,2-4,10,14-15,18-19H2,1H3,(H,25,26)/b7-5+,8-6+,13-9+,16-11+,17-12+. The Morgan fingerprint density at radius 3 is 2.15 bits per heavy atom. The molecule has 0 saturated heterocycles. The molecule has 2 atom stereocenters. The molecule has 4 heteroatoms. The lowest BCUT2D eigenvalue weighted by Gasteiger charge is -2.02. The van der Waals surface area contributed by atoms with E-state index in [1.54, 1.807) is 24.3 Å². The Kier molecular flexibility index (Phi) is 16.6. The summed E-state index contributed by atoms with van der Waals surface area (Å²) < 4.78 is 0. The van der Waals surface area contributed by atoms with Crippen LogP contribution in [0.5, 0.6) is 0 Å². The van der Waals surface area contributed by atoms with Gasteiger partial charge in [-0.15, -0.1) is 0 Å². The quantitative estimate of drug-likeness (QED) is 0.224. The highest BCUT2D eigenvalue weighted by Gasteiger charge is 1.96. The van der Waals surface area contributed by atoms with Crippen LogP contribution in [0.15, 0.2) is 60.8 Å². The lowest BCUT2D eigenvalue weighted by atomic mass is 10.1. The van der Waals surface area contributed by atoms with Crippen LogP contribution in [0.1, 0.15) is 58.3 Å². The predicted octanol–water partition coefficient (Wildman–Crippen LogP) is 4.71. The van der Waals surface area contributed by atoms with E-state index in [0.29, 0.717) is 12.8 Å². The third kappa shape index (κ3) is 18.4. The molecule has 0 fully saturated rings. The van der Waals surface area contributed by atoms with E-state index in [1.165, 1.54) is 0 Å². The first-order chi connectivity index (χ1) is 12.6. The first-order valence-corrected chi connectivity index (χ1v) is 9.45. The minimum absolute atomic E-state index is 0.117. The van der Waals surface area contributed by atoms with Crippen molar-refractivity contribution in [3.05, 3.63) is 60.8 Å². The molecular formula is C22H34O4. The third-order valence-corrected chi connectivity index (χ3v) is 3.61. The third-order valence-electron chi connectivity index (χ3n) is 3.61. The lowest BCUT2D eigenvalue weighted by Crippen LogP contribution is -2.00. The maximum atomic E-state index is 10.3. The van der Waals surface area contributed by atoms with Gasteiger partial charge in [0, 0.05) is 6.42 Å². The number of hydrogen-bond acceptors (Lipinski definition) is 3. The van der Waals surface area contributed by atoms with Gasteiger partial charge in [-0.25, -0.2) is 0 Å². The van der Waals surface area contributed by atoms with E-state index in [0.717, 1.165) is 32.1 Å². The van der Waals surface area contributed by atoms with Crippen LogP contribution in [-0.2, 0) is 4.79 Å². The van der Waals surface area contributed by atoms with E-state index >= 15 is 0 Å².